The molecule has 2 saturated carbocycles. The Kier molecular flexibility index (Phi) is 6.87. The molecular weight excluding hydrogens is 320 g/mol. The standard InChI is InChI=1S/C23H28N2O/c24-15-1-2-18-7-13-23(14-8-18)26-17-20-5-11-22(12-6-20)21-9-3-19(16-25)4-10-21/h1-4,9-10,18,20,22-23H,5-8,11-14,17H2/t18-,20-,22-,23-. The molecule has 136 valence electrons. The molecule has 0 saturated heterocycles. The van der Waals surface area contributed by atoms with E-state index in [0.717, 1.165) is 37.9 Å². The van der Waals surface area contributed by atoms with E-state index < -0.39 is 0 Å². The van der Waals surface area contributed by atoms with Crippen LogP contribution in [0.15, 0.2) is 36.4 Å². The van der Waals surface area contributed by atoms with Gasteiger partial charge in [-0.15, -0.1) is 0 Å². The second-order valence-electron chi connectivity index (χ2n) is 7.81. The van der Waals surface area contributed by atoms with Crippen molar-refractivity contribution in [3.8, 4) is 12.1 Å². The lowest BCUT2D eigenvalue weighted by atomic mass is 9.79. The van der Waals surface area contributed by atoms with Crippen molar-refractivity contribution in [2.24, 2.45) is 11.8 Å². The summed E-state index contributed by atoms with van der Waals surface area (Å²) in [4.78, 5) is 0. The van der Waals surface area contributed by atoms with Gasteiger partial charge in [-0.2, -0.15) is 10.5 Å². The normalized spacial score (nSPS) is 29.2. The molecule has 0 unspecified atom stereocenters. The fourth-order valence-electron chi connectivity index (χ4n) is 4.39. The minimum atomic E-state index is 0.415. The van der Waals surface area contributed by atoms with Gasteiger partial charge >= 0.3 is 0 Å². The quantitative estimate of drug-likeness (QED) is 0.661. The maximum atomic E-state index is 8.91. The van der Waals surface area contributed by atoms with Crippen LogP contribution in [0.3, 0.4) is 0 Å². The maximum Gasteiger partial charge on any atom is 0.0991 e. The molecule has 0 bridgehead atoms. The first kappa shape index (κ1) is 18.7. The van der Waals surface area contributed by atoms with Gasteiger partial charge < -0.3 is 4.74 Å². The van der Waals surface area contributed by atoms with Gasteiger partial charge in [-0.05, 0) is 86.8 Å². The third-order valence-electron chi connectivity index (χ3n) is 6.09. The zero-order valence-corrected chi connectivity index (χ0v) is 15.4. The maximum absolute atomic E-state index is 8.91. The molecule has 1 aromatic rings. The van der Waals surface area contributed by atoms with Crippen LogP contribution in [0.1, 0.15) is 68.4 Å². The van der Waals surface area contributed by atoms with E-state index in [2.05, 4.69) is 30.3 Å². The van der Waals surface area contributed by atoms with E-state index >= 15 is 0 Å². The van der Waals surface area contributed by atoms with Crippen molar-refractivity contribution in [2.75, 3.05) is 6.61 Å². The van der Waals surface area contributed by atoms with Gasteiger partial charge in [0.2, 0.25) is 0 Å². The average molecular weight is 348 g/mol. The van der Waals surface area contributed by atoms with Crippen LogP contribution >= 0.6 is 0 Å². The van der Waals surface area contributed by atoms with Gasteiger partial charge in [0.15, 0.2) is 0 Å². The lowest BCUT2D eigenvalue weighted by molar-refractivity contribution is -0.00456. The molecule has 3 heteroatoms. The number of hydrogen-bond donors (Lipinski definition) is 0. The molecule has 2 fully saturated rings. The van der Waals surface area contributed by atoms with Gasteiger partial charge in [0, 0.05) is 12.7 Å². The Morgan fingerprint density at radius 3 is 2.23 bits per heavy atom. The largest absolute Gasteiger partial charge is 0.378 e. The van der Waals surface area contributed by atoms with Crippen molar-refractivity contribution < 1.29 is 4.74 Å². The fraction of sp³-hybridized carbons (Fsp3) is 0.565. The number of hydrogen-bond acceptors (Lipinski definition) is 3. The van der Waals surface area contributed by atoms with Gasteiger partial charge in [-0.25, -0.2) is 0 Å². The Morgan fingerprint density at radius 1 is 0.923 bits per heavy atom. The highest BCUT2D eigenvalue weighted by molar-refractivity contribution is 5.33. The molecule has 0 aliphatic heterocycles. The van der Waals surface area contributed by atoms with Crippen LogP contribution in [0.4, 0.5) is 0 Å². The van der Waals surface area contributed by atoms with E-state index in [-0.39, 0.29) is 0 Å². The molecule has 2 aliphatic rings. The molecule has 0 atom stereocenters. The first-order valence-electron chi connectivity index (χ1n) is 9.96. The molecule has 0 aromatic heterocycles. The summed E-state index contributed by atoms with van der Waals surface area (Å²) in [6.45, 7) is 0.906. The summed E-state index contributed by atoms with van der Waals surface area (Å²) in [6.07, 6.45) is 13.6. The van der Waals surface area contributed by atoms with E-state index in [1.165, 1.54) is 31.2 Å². The van der Waals surface area contributed by atoms with E-state index in [9.17, 15) is 0 Å². The fourth-order valence-corrected chi connectivity index (χ4v) is 4.39. The summed E-state index contributed by atoms with van der Waals surface area (Å²) in [5, 5.41) is 17.5. The Balaban J connectivity index is 1.36. The summed E-state index contributed by atoms with van der Waals surface area (Å²) < 4.78 is 6.22. The van der Waals surface area contributed by atoms with E-state index in [0.29, 0.717) is 23.9 Å². The molecule has 0 spiro atoms. The van der Waals surface area contributed by atoms with Crippen LogP contribution < -0.4 is 0 Å². The SMILES string of the molecule is N#CC=C[C@H]1CC[C@H](OC[C@H]2CC[C@H](c3ccc(C#N)cc3)CC2)CC1. The topological polar surface area (TPSA) is 56.8 Å². The van der Waals surface area contributed by atoms with Crippen molar-refractivity contribution in [2.45, 2.75) is 63.4 Å². The second kappa shape index (κ2) is 9.56. The summed E-state index contributed by atoms with van der Waals surface area (Å²) in [6, 6.07) is 12.4. The summed E-state index contributed by atoms with van der Waals surface area (Å²) >= 11 is 0. The molecule has 0 amide bonds. The van der Waals surface area contributed by atoms with Gasteiger partial charge in [0.05, 0.1) is 23.8 Å². The predicted octanol–water partition coefficient (Wildman–Crippen LogP) is 5.49. The second-order valence-corrected chi connectivity index (χ2v) is 7.81. The third-order valence-corrected chi connectivity index (χ3v) is 6.09. The zero-order valence-electron chi connectivity index (χ0n) is 15.4. The molecule has 0 heterocycles. The Morgan fingerprint density at radius 2 is 1.62 bits per heavy atom. The lowest BCUT2D eigenvalue weighted by Gasteiger charge is -2.32. The molecular formula is C23H28N2O. The molecule has 3 nitrogen and oxygen atoms in total. The lowest BCUT2D eigenvalue weighted by Crippen LogP contribution is -2.25. The highest BCUT2D eigenvalue weighted by Gasteiger charge is 2.25. The molecule has 3 rings (SSSR count). The first-order valence-corrected chi connectivity index (χ1v) is 9.96. The zero-order chi connectivity index (χ0) is 18.2. The number of ether oxygens (including phenoxy) is 1. The first-order chi connectivity index (χ1) is 12.8. The summed E-state index contributed by atoms with van der Waals surface area (Å²) in [5.41, 5.74) is 2.13. The van der Waals surface area contributed by atoms with Crippen LogP contribution in [-0.2, 0) is 4.74 Å². The minimum Gasteiger partial charge on any atom is -0.378 e. The Hall–Kier alpha value is -2.10. The number of nitrogens with zero attached hydrogens (tertiary/aromatic N) is 2. The van der Waals surface area contributed by atoms with E-state index in [1.807, 2.05) is 12.1 Å². The van der Waals surface area contributed by atoms with Gasteiger partial charge in [0.25, 0.3) is 0 Å². The van der Waals surface area contributed by atoms with Crippen molar-refractivity contribution in [1.82, 2.24) is 0 Å². The number of allylic oxidation sites excluding steroid dienone is 2. The van der Waals surface area contributed by atoms with Gasteiger partial charge in [-0.3, -0.25) is 0 Å². The molecule has 0 radical (unpaired) electrons. The van der Waals surface area contributed by atoms with Crippen molar-refractivity contribution >= 4 is 0 Å². The van der Waals surface area contributed by atoms with Gasteiger partial charge in [-0.1, -0.05) is 18.2 Å². The smallest absolute Gasteiger partial charge is 0.0991 e. The Labute approximate surface area is 157 Å². The van der Waals surface area contributed by atoms with Crippen LogP contribution in [0, 0.1) is 34.5 Å². The van der Waals surface area contributed by atoms with Crippen LogP contribution in [0.5, 0.6) is 0 Å². The van der Waals surface area contributed by atoms with Crippen LogP contribution in [-0.4, -0.2) is 12.7 Å². The number of rotatable bonds is 5. The Bertz CT molecular complexity index is 664. The van der Waals surface area contributed by atoms with Crippen molar-refractivity contribution in [3.63, 3.8) is 0 Å². The predicted molar refractivity (Wildman–Crippen MR) is 102 cm³/mol. The van der Waals surface area contributed by atoms with Gasteiger partial charge in [0.1, 0.15) is 0 Å². The van der Waals surface area contributed by atoms with Crippen molar-refractivity contribution in [3.05, 3.63) is 47.5 Å². The van der Waals surface area contributed by atoms with E-state index in [4.69, 9.17) is 15.3 Å². The summed E-state index contributed by atoms with van der Waals surface area (Å²) in [7, 11) is 0. The molecule has 2 aliphatic carbocycles. The number of nitriles is 2. The van der Waals surface area contributed by atoms with Crippen LogP contribution in [0.2, 0.25) is 0 Å². The van der Waals surface area contributed by atoms with Crippen molar-refractivity contribution in [1.29, 1.82) is 10.5 Å². The highest BCUT2D eigenvalue weighted by atomic mass is 16.5. The monoisotopic (exact) mass is 348 g/mol. The average Bonchev–Trinajstić information content (AvgIpc) is 2.72. The molecule has 1 aromatic carbocycles. The van der Waals surface area contributed by atoms with E-state index in [1.54, 1.807) is 6.08 Å². The third kappa shape index (κ3) is 5.20. The molecule has 26 heavy (non-hydrogen) atoms. The summed E-state index contributed by atoms with van der Waals surface area (Å²) in [5.74, 6) is 1.90. The molecule has 0 N–H and O–H groups in total. The highest BCUT2D eigenvalue weighted by Crippen LogP contribution is 2.36. The minimum absolute atomic E-state index is 0.415. The number of benzene rings is 1. The van der Waals surface area contributed by atoms with Crippen LogP contribution in [0.25, 0.3) is 0 Å².